The van der Waals surface area contributed by atoms with E-state index in [1.807, 2.05) is 0 Å². The van der Waals surface area contributed by atoms with E-state index >= 15 is 0 Å². The Morgan fingerprint density at radius 2 is 1.05 bits per heavy atom. The van der Waals surface area contributed by atoms with Crippen molar-refractivity contribution in [2.45, 2.75) is 86.1 Å². The van der Waals surface area contributed by atoms with Crippen LogP contribution in [0.3, 0.4) is 0 Å². The second kappa shape index (κ2) is 6.55. The summed E-state index contributed by atoms with van der Waals surface area (Å²) in [6, 6.07) is 0. The SMILES string of the molecule is CC1OC(C)[C@@H](OC2OC(C)[C@@H](C)[C@H](C)[C@@H]2C)[C@H](C)C1C. The van der Waals surface area contributed by atoms with Crippen LogP contribution in [0.5, 0.6) is 0 Å². The van der Waals surface area contributed by atoms with Crippen molar-refractivity contribution < 1.29 is 14.2 Å². The fourth-order valence-corrected chi connectivity index (χ4v) is 3.85. The molecule has 0 aromatic rings. The molecule has 5 unspecified atom stereocenters. The third-order valence-corrected chi connectivity index (χ3v) is 6.45. The van der Waals surface area contributed by atoms with Crippen molar-refractivity contribution in [1.29, 1.82) is 0 Å². The molecule has 2 aliphatic rings. The molecule has 3 heteroatoms. The van der Waals surface area contributed by atoms with E-state index in [9.17, 15) is 0 Å². The highest BCUT2D eigenvalue weighted by Gasteiger charge is 2.43. The van der Waals surface area contributed by atoms with Gasteiger partial charge in [-0.1, -0.05) is 34.6 Å². The fourth-order valence-electron chi connectivity index (χ4n) is 3.85. The zero-order chi connectivity index (χ0) is 15.9. The van der Waals surface area contributed by atoms with Gasteiger partial charge in [0.1, 0.15) is 0 Å². The van der Waals surface area contributed by atoms with E-state index < -0.39 is 0 Å². The normalized spacial score (nSPS) is 55.4. The minimum atomic E-state index is -0.106. The Balaban J connectivity index is 2.06. The van der Waals surface area contributed by atoms with Gasteiger partial charge in [0.15, 0.2) is 6.29 Å². The zero-order valence-electron chi connectivity index (χ0n) is 15.0. The Kier molecular flexibility index (Phi) is 5.38. The minimum absolute atomic E-state index is 0.106. The van der Waals surface area contributed by atoms with Crippen molar-refractivity contribution >= 4 is 0 Å². The Bertz CT molecular complexity index is 345. The van der Waals surface area contributed by atoms with Gasteiger partial charge in [0.25, 0.3) is 0 Å². The van der Waals surface area contributed by atoms with Gasteiger partial charge in [0.2, 0.25) is 0 Å². The molecule has 0 amide bonds. The van der Waals surface area contributed by atoms with Crippen molar-refractivity contribution in [3.8, 4) is 0 Å². The molecule has 0 radical (unpaired) electrons. The average molecular weight is 298 g/mol. The van der Waals surface area contributed by atoms with Crippen LogP contribution >= 0.6 is 0 Å². The van der Waals surface area contributed by atoms with Crippen LogP contribution in [0, 0.1) is 29.6 Å². The van der Waals surface area contributed by atoms with Crippen LogP contribution < -0.4 is 0 Å². The third-order valence-electron chi connectivity index (χ3n) is 6.45. The summed E-state index contributed by atoms with van der Waals surface area (Å²) in [6.45, 7) is 17.9. The number of rotatable bonds is 2. The van der Waals surface area contributed by atoms with Crippen LogP contribution in [0.25, 0.3) is 0 Å². The van der Waals surface area contributed by atoms with Crippen molar-refractivity contribution in [2.24, 2.45) is 29.6 Å². The molecule has 3 nitrogen and oxygen atoms in total. The van der Waals surface area contributed by atoms with Gasteiger partial charge in [-0.25, -0.2) is 0 Å². The smallest absolute Gasteiger partial charge is 0.161 e. The van der Waals surface area contributed by atoms with Crippen molar-refractivity contribution in [3.63, 3.8) is 0 Å². The van der Waals surface area contributed by atoms with E-state index in [4.69, 9.17) is 14.2 Å². The summed E-state index contributed by atoms with van der Waals surface area (Å²) in [7, 11) is 0. The highest BCUT2D eigenvalue weighted by Crippen LogP contribution is 2.39. The Labute approximate surface area is 130 Å². The third kappa shape index (κ3) is 3.30. The maximum Gasteiger partial charge on any atom is 0.161 e. The second-order valence-electron chi connectivity index (χ2n) is 7.65. The van der Waals surface area contributed by atoms with E-state index in [-0.39, 0.29) is 24.6 Å². The van der Waals surface area contributed by atoms with Crippen molar-refractivity contribution in [1.82, 2.24) is 0 Å². The summed E-state index contributed by atoms with van der Waals surface area (Å²) in [5.41, 5.74) is 0. The molecule has 0 saturated carbocycles. The predicted octanol–water partition coefficient (Wildman–Crippen LogP) is 4.10. The molecule has 124 valence electrons. The average Bonchev–Trinajstić information content (AvgIpc) is 2.44. The van der Waals surface area contributed by atoms with Crippen LogP contribution in [0.4, 0.5) is 0 Å². The van der Waals surface area contributed by atoms with E-state index in [1.54, 1.807) is 0 Å². The molecule has 2 aliphatic heterocycles. The summed E-state index contributed by atoms with van der Waals surface area (Å²) >= 11 is 0. The standard InChI is InChI=1S/C18H34O3/c1-9-10(2)15(7)20-18(13(9)5)21-17-12(4)11(3)14(6)19-16(17)8/h9-18H,1-8H3/t9-,10-,11?,12+,13-,14?,15?,16?,17-,18?/m0/s1. The maximum absolute atomic E-state index is 6.43. The lowest BCUT2D eigenvalue weighted by Gasteiger charge is -2.47. The van der Waals surface area contributed by atoms with Crippen LogP contribution in [-0.4, -0.2) is 30.7 Å². The molecule has 2 rings (SSSR count). The van der Waals surface area contributed by atoms with E-state index in [0.29, 0.717) is 35.7 Å². The first-order valence-electron chi connectivity index (χ1n) is 8.70. The van der Waals surface area contributed by atoms with Crippen molar-refractivity contribution in [3.05, 3.63) is 0 Å². The second-order valence-corrected chi connectivity index (χ2v) is 7.65. The van der Waals surface area contributed by atoms with Gasteiger partial charge in [-0.3, -0.25) is 0 Å². The Hall–Kier alpha value is -0.120. The summed E-state index contributed by atoms with van der Waals surface area (Å²) in [5.74, 6) is 2.62. The van der Waals surface area contributed by atoms with E-state index in [2.05, 4.69) is 55.4 Å². The lowest BCUT2D eigenvalue weighted by molar-refractivity contribution is -0.294. The molecule has 0 aromatic carbocycles. The molecule has 21 heavy (non-hydrogen) atoms. The number of hydrogen-bond donors (Lipinski definition) is 0. The van der Waals surface area contributed by atoms with Gasteiger partial charge in [-0.2, -0.15) is 0 Å². The Morgan fingerprint density at radius 1 is 0.524 bits per heavy atom. The van der Waals surface area contributed by atoms with E-state index in [1.165, 1.54) is 0 Å². The molecule has 2 heterocycles. The summed E-state index contributed by atoms with van der Waals surface area (Å²) in [5, 5.41) is 0. The van der Waals surface area contributed by atoms with Gasteiger partial charge in [-0.15, -0.1) is 0 Å². The molecule has 2 fully saturated rings. The van der Waals surface area contributed by atoms with Gasteiger partial charge in [-0.05, 0) is 44.4 Å². The quantitative estimate of drug-likeness (QED) is 0.768. The summed E-state index contributed by atoms with van der Waals surface area (Å²) < 4.78 is 18.6. The molecule has 0 spiro atoms. The predicted molar refractivity (Wildman–Crippen MR) is 85.0 cm³/mol. The molecule has 10 atom stereocenters. The first-order valence-corrected chi connectivity index (χ1v) is 8.70. The lowest BCUT2D eigenvalue weighted by Crippen LogP contribution is -2.53. The topological polar surface area (TPSA) is 27.7 Å². The summed E-state index contributed by atoms with van der Waals surface area (Å²) in [4.78, 5) is 0. The largest absolute Gasteiger partial charge is 0.373 e. The first kappa shape index (κ1) is 17.2. The highest BCUT2D eigenvalue weighted by atomic mass is 16.7. The highest BCUT2D eigenvalue weighted by molar-refractivity contribution is 4.88. The van der Waals surface area contributed by atoms with E-state index in [0.717, 1.165) is 0 Å². The fraction of sp³-hybridized carbons (Fsp3) is 1.00. The number of ether oxygens (including phenoxy) is 3. The molecule has 0 aromatic heterocycles. The van der Waals surface area contributed by atoms with Gasteiger partial charge in [0, 0.05) is 5.92 Å². The molecule has 0 N–H and O–H groups in total. The van der Waals surface area contributed by atoms with Gasteiger partial charge in [0.05, 0.1) is 24.4 Å². The van der Waals surface area contributed by atoms with Gasteiger partial charge < -0.3 is 14.2 Å². The lowest BCUT2D eigenvalue weighted by atomic mass is 9.79. The van der Waals surface area contributed by atoms with Crippen LogP contribution in [0.15, 0.2) is 0 Å². The summed E-state index contributed by atoms with van der Waals surface area (Å²) in [6.07, 6.45) is 0.707. The molecular weight excluding hydrogens is 264 g/mol. The molecule has 2 saturated heterocycles. The van der Waals surface area contributed by atoms with Crippen LogP contribution in [0.2, 0.25) is 0 Å². The van der Waals surface area contributed by atoms with Crippen LogP contribution in [-0.2, 0) is 14.2 Å². The Morgan fingerprint density at radius 3 is 1.67 bits per heavy atom. The zero-order valence-corrected chi connectivity index (χ0v) is 15.0. The molecule has 0 aliphatic carbocycles. The number of hydrogen-bond acceptors (Lipinski definition) is 3. The van der Waals surface area contributed by atoms with Gasteiger partial charge >= 0.3 is 0 Å². The van der Waals surface area contributed by atoms with Crippen molar-refractivity contribution in [2.75, 3.05) is 0 Å². The minimum Gasteiger partial charge on any atom is -0.373 e. The molecule has 0 bridgehead atoms. The van der Waals surface area contributed by atoms with Crippen LogP contribution in [0.1, 0.15) is 55.4 Å². The maximum atomic E-state index is 6.43. The monoisotopic (exact) mass is 298 g/mol. The first-order chi connectivity index (χ1) is 9.73. The molecular formula is C18H34O3.